The van der Waals surface area contributed by atoms with Gasteiger partial charge in [0.1, 0.15) is 18.8 Å². The molecule has 0 spiro atoms. The van der Waals surface area contributed by atoms with Gasteiger partial charge in [0, 0.05) is 15.6 Å². The number of anilines is 1. The fourth-order valence-corrected chi connectivity index (χ4v) is 3.81. The van der Waals surface area contributed by atoms with Crippen molar-refractivity contribution < 1.29 is 14.3 Å². The molecule has 8 heteroatoms. The van der Waals surface area contributed by atoms with E-state index in [1.54, 1.807) is 19.2 Å². The van der Waals surface area contributed by atoms with Gasteiger partial charge >= 0.3 is 0 Å². The molecule has 3 aromatic rings. The van der Waals surface area contributed by atoms with Crippen LogP contribution in [0.15, 0.2) is 87.4 Å². The van der Waals surface area contributed by atoms with Crippen molar-refractivity contribution in [2.24, 2.45) is 10.1 Å². The second kappa shape index (κ2) is 10.2. The average molecular weight is 505 g/mol. The first kappa shape index (κ1) is 22.4. The van der Waals surface area contributed by atoms with Crippen LogP contribution in [0.5, 0.6) is 5.75 Å². The highest BCUT2D eigenvalue weighted by atomic mass is 79.9. The molecular weight excluding hydrogens is 484 g/mol. The van der Waals surface area contributed by atoms with Gasteiger partial charge in [-0.25, -0.2) is 5.43 Å². The van der Waals surface area contributed by atoms with E-state index in [1.807, 2.05) is 60.7 Å². The van der Waals surface area contributed by atoms with E-state index >= 15 is 0 Å². The third-order valence-corrected chi connectivity index (χ3v) is 5.54. The van der Waals surface area contributed by atoms with Gasteiger partial charge in [-0.3, -0.25) is 14.6 Å². The number of hydrogen-bond acceptors (Lipinski definition) is 5. The zero-order valence-corrected chi connectivity index (χ0v) is 19.5. The molecule has 33 heavy (non-hydrogen) atoms. The van der Waals surface area contributed by atoms with Crippen molar-refractivity contribution in [3.8, 4) is 5.75 Å². The highest BCUT2D eigenvalue weighted by Gasteiger charge is 2.27. The second-order valence-electron chi connectivity index (χ2n) is 7.24. The van der Waals surface area contributed by atoms with Gasteiger partial charge in [-0.15, -0.1) is 0 Å². The van der Waals surface area contributed by atoms with E-state index in [-0.39, 0.29) is 19.0 Å². The van der Waals surface area contributed by atoms with Crippen molar-refractivity contribution in [3.63, 3.8) is 0 Å². The lowest BCUT2D eigenvalue weighted by molar-refractivity contribution is -0.123. The van der Waals surface area contributed by atoms with E-state index in [4.69, 9.17) is 4.74 Å². The summed E-state index contributed by atoms with van der Waals surface area (Å²) in [6.07, 6.45) is 1.53. The zero-order chi connectivity index (χ0) is 23.2. The van der Waals surface area contributed by atoms with E-state index in [9.17, 15) is 9.59 Å². The molecule has 1 aliphatic rings. The van der Waals surface area contributed by atoms with Crippen LogP contribution < -0.4 is 15.1 Å². The molecule has 0 unspecified atom stereocenters. The Labute approximate surface area is 199 Å². The van der Waals surface area contributed by atoms with Gasteiger partial charge in [0.15, 0.2) is 0 Å². The smallest absolute Gasteiger partial charge is 0.260 e. The third kappa shape index (κ3) is 5.35. The third-order valence-electron chi connectivity index (χ3n) is 5.05. The lowest BCUT2D eigenvalue weighted by atomic mass is 10.0. The second-order valence-corrected chi connectivity index (χ2v) is 8.15. The summed E-state index contributed by atoms with van der Waals surface area (Å²) in [7, 11) is 1.60. The number of rotatable bonds is 6. The number of nitrogens with zero attached hydrogens (tertiary/aromatic N) is 3. The lowest BCUT2D eigenvalue weighted by Gasteiger charge is -2.22. The standard InChI is InChI=1S/C25H21BrN4O3/c1-33-20-10-7-17(8-11-20)14-28-29-23(31)16-30-22-12-9-19(26)13-21(22)25(27-15-24(30)32)18-5-3-2-4-6-18/h2-14H,15-16H2,1H3,(H,29,31)/b28-14+. The number of carbonyl (C=O) groups excluding carboxylic acids is 2. The maximum Gasteiger partial charge on any atom is 0.260 e. The predicted octanol–water partition coefficient (Wildman–Crippen LogP) is 3.79. The number of aliphatic imine (C=N–C) groups is 1. The van der Waals surface area contributed by atoms with Crippen LogP contribution in [0.1, 0.15) is 16.7 Å². The summed E-state index contributed by atoms with van der Waals surface area (Å²) in [6.45, 7) is -0.232. The maximum absolute atomic E-state index is 12.9. The van der Waals surface area contributed by atoms with E-state index in [1.165, 1.54) is 11.1 Å². The van der Waals surface area contributed by atoms with Crippen LogP contribution >= 0.6 is 15.9 Å². The number of methoxy groups -OCH3 is 1. The van der Waals surface area contributed by atoms with Crippen LogP contribution in [-0.2, 0) is 9.59 Å². The van der Waals surface area contributed by atoms with Gasteiger partial charge < -0.3 is 9.64 Å². The molecule has 3 aromatic carbocycles. The molecule has 1 heterocycles. The molecule has 0 radical (unpaired) electrons. The van der Waals surface area contributed by atoms with Gasteiger partial charge in [0.05, 0.1) is 24.7 Å². The molecule has 166 valence electrons. The number of fused-ring (bicyclic) bond motifs is 1. The van der Waals surface area contributed by atoms with Crippen molar-refractivity contribution in [1.82, 2.24) is 5.43 Å². The summed E-state index contributed by atoms with van der Waals surface area (Å²) < 4.78 is 5.98. The minimum absolute atomic E-state index is 0.0566. The van der Waals surface area contributed by atoms with E-state index in [0.29, 0.717) is 11.4 Å². The summed E-state index contributed by atoms with van der Waals surface area (Å²) in [5.74, 6) is 0.0576. The summed E-state index contributed by atoms with van der Waals surface area (Å²) in [5.41, 5.74) is 6.30. The van der Waals surface area contributed by atoms with E-state index in [2.05, 4.69) is 31.4 Å². The normalized spacial score (nSPS) is 13.3. The predicted molar refractivity (Wildman–Crippen MR) is 132 cm³/mol. The Morgan fingerprint density at radius 1 is 1.15 bits per heavy atom. The van der Waals surface area contributed by atoms with Crippen molar-refractivity contribution in [1.29, 1.82) is 0 Å². The molecule has 1 aliphatic heterocycles. The Bertz CT molecular complexity index is 1220. The van der Waals surface area contributed by atoms with E-state index in [0.717, 1.165) is 26.9 Å². The van der Waals surface area contributed by atoms with Crippen molar-refractivity contribution in [3.05, 3.63) is 94.0 Å². The molecule has 0 atom stereocenters. The summed E-state index contributed by atoms with van der Waals surface area (Å²) in [4.78, 5) is 31.5. The van der Waals surface area contributed by atoms with Gasteiger partial charge in [0.25, 0.3) is 5.91 Å². The molecule has 7 nitrogen and oxygen atoms in total. The number of nitrogens with one attached hydrogen (secondary N) is 1. The first-order valence-corrected chi connectivity index (χ1v) is 11.0. The highest BCUT2D eigenvalue weighted by Crippen LogP contribution is 2.29. The molecule has 1 N–H and O–H groups in total. The molecule has 0 bridgehead atoms. The van der Waals surface area contributed by atoms with Crippen molar-refractivity contribution >= 4 is 45.4 Å². The average Bonchev–Trinajstić information content (AvgIpc) is 2.96. The number of amides is 2. The number of ether oxygens (including phenoxy) is 1. The lowest BCUT2D eigenvalue weighted by Crippen LogP contribution is -2.40. The number of halogens is 1. The largest absolute Gasteiger partial charge is 0.497 e. The van der Waals surface area contributed by atoms with Gasteiger partial charge in [-0.1, -0.05) is 46.3 Å². The Balaban J connectivity index is 1.54. The summed E-state index contributed by atoms with van der Waals surface area (Å²) in [6, 6.07) is 22.5. The van der Waals surface area contributed by atoms with Crippen molar-refractivity contribution in [2.45, 2.75) is 0 Å². The minimum Gasteiger partial charge on any atom is -0.497 e. The number of hydrogen-bond donors (Lipinski definition) is 1. The number of carbonyl (C=O) groups is 2. The Kier molecular flexibility index (Phi) is 6.95. The van der Waals surface area contributed by atoms with Crippen LogP contribution in [0.4, 0.5) is 5.69 Å². The van der Waals surface area contributed by atoms with Crippen molar-refractivity contribution in [2.75, 3.05) is 25.1 Å². The maximum atomic E-state index is 12.9. The van der Waals surface area contributed by atoms with Crippen LogP contribution in [-0.4, -0.2) is 43.9 Å². The number of hydrazone groups is 1. The van der Waals surface area contributed by atoms with Gasteiger partial charge in [0.2, 0.25) is 5.91 Å². The topological polar surface area (TPSA) is 83.4 Å². The highest BCUT2D eigenvalue weighted by molar-refractivity contribution is 9.10. The molecule has 0 fully saturated rings. The summed E-state index contributed by atoms with van der Waals surface area (Å²) >= 11 is 3.50. The Morgan fingerprint density at radius 3 is 2.64 bits per heavy atom. The van der Waals surface area contributed by atoms with Crippen LogP contribution in [0.25, 0.3) is 0 Å². The SMILES string of the molecule is COc1ccc(/C=N/NC(=O)CN2C(=O)CN=C(c3ccccc3)c3cc(Br)ccc32)cc1. The first-order chi connectivity index (χ1) is 16.0. The molecule has 0 saturated heterocycles. The fourth-order valence-electron chi connectivity index (χ4n) is 3.45. The number of benzene rings is 3. The quantitative estimate of drug-likeness (QED) is 0.409. The Hall–Kier alpha value is -3.78. The molecule has 0 aliphatic carbocycles. The van der Waals surface area contributed by atoms with Crippen LogP contribution in [0.2, 0.25) is 0 Å². The summed E-state index contributed by atoms with van der Waals surface area (Å²) in [5, 5.41) is 4.00. The van der Waals surface area contributed by atoms with Gasteiger partial charge in [-0.2, -0.15) is 5.10 Å². The monoisotopic (exact) mass is 504 g/mol. The first-order valence-electron chi connectivity index (χ1n) is 10.2. The molecule has 0 aromatic heterocycles. The molecule has 4 rings (SSSR count). The minimum atomic E-state index is -0.412. The van der Waals surface area contributed by atoms with Crippen LogP contribution in [0.3, 0.4) is 0 Å². The molecular formula is C25H21BrN4O3. The zero-order valence-electron chi connectivity index (χ0n) is 17.9. The van der Waals surface area contributed by atoms with E-state index < -0.39 is 5.91 Å². The fraction of sp³-hybridized carbons (Fsp3) is 0.120. The molecule has 0 saturated carbocycles. The number of benzodiazepines with no additional fused rings is 1. The molecule has 2 amide bonds. The van der Waals surface area contributed by atoms with Gasteiger partial charge in [-0.05, 0) is 48.0 Å². The van der Waals surface area contributed by atoms with Crippen LogP contribution in [0, 0.1) is 0 Å². The Morgan fingerprint density at radius 2 is 1.91 bits per heavy atom.